The lowest BCUT2D eigenvalue weighted by molar-refractivity contribution is -0.132. The Morgan fingerprint density at radius 2 is 1.90 bits per heavy atom. The van der Waals surface area contributed by atoms with Crippen molar-refractivity contribution in [1.82, 2.24) is 0 Å². The van der Waals surface area contributed by atoms with Gasteiger partial charge in [-0.1, -0.05) is 29.3 Å². The Bertz CT molecular complexity index is 1220. The summed E-state index contributed by atoms with van der Waals surface area (Å²) in [6, 6.07) is 11.9. The van der Waals surface area contributed by atoms with Crippen molar-refractivity contribution < 1.29 is 23.8 Å². The maximum atomic E-state index is 13.1. The highest BCUT2D eigenvalue weighted by molar-refractivity contribution is 6.52. The molecule has 4 rings (SSSR count). The standard InChI is InChI=1S/C23H17Cl2NO5/c1-12-5-6-13(24)10-17(12)26-20(18-4-3-9-31-18)19(22(28)23(26)29)21(27)15-11-14(30-2)7-8-16(15)25/h3-11,20,27H,1-2H3/b21-19-. The molecule has 1 aliphatic heterocycles. The van der Waals surface area contributed by atoms with E-state index in [1.807, 2.05) is 0 Å². The third kappa shape index (κ3) is 3.58. The molecule has 1 aliphatic rings. The molecule has 3 aromatic rings. The van der Waals surface area contributed by atoms with Crippen molar-refractivity contribution in [1.29, 1.82) is 0 Å². The molecule has 1 saturated heterocycles. The smallest absolute Gasteiger partial charge is 0.300 e. The second-order valence-electron chi connectivity index (χ2n) is 6.96. The fourth-order valence-electron chi connectivity index (χ4n) is 3.60. The molecule has 1 atom stereocenters. The van der Waals surface area contributed by atoms with Crippen molar-refractivity contribution in [2.75, 3.05) is 12.0 Å². The summed E-state index contributed by atoms with van der Waals surface area (Å²) >= 11 is 12.4. The molecule has 2 aromatic carbocycles. The number of carbonyl (C=O) groups excluding carboxylic acids is 2. The first-order chi connectivity index (χ1) is 14.8. The fraction of sp³-hybridized carbons (Fsp3) is 0.130. The van der Waals surface area contributed by atoms with E-state index in [1.54, 1.807) is 43.3 Å². The molecule has 0 aliphatic carbocycles. The van der Waals surface area contributed by atoms with Crippen LogP contribution in [0, 0.1) is 6.92 Å². The first-order valence-electron chi connectivity index (χ1n) is 9.28. The summed E-state index contributed by atoms with van der Waals surface area (Å²) in [7, 11) is 1.47. The van der Waals surface area contributed by atoms with Gasteiger partial charge in [-0.05, 0) is 55.0 Å². The quantitative estimate of drug-likeness (QED) is 0.316. The predicted octanol–water partition coefficient (Wildman–Crippen LogP) is 5.53. The summed E-state index contributed by atoms with van der Waals surface area (Å²) in [5, 5.41) is 11.7. The summed E-state index contributed by atoms with van der Waals surface area (Å²) in [4.78, 5) is 27.5. The van der Waals surface area contributed by atoms with Crippen LogP contribution in [0.1, 0.15) is 22.9 Å². The van der Waals surface area contributed by atoms with Crippen LogP contribution in [-0.4, -0.2) is 23.9 Å². The van der Waals surface area contributed by atoms with E-state index in [0.717, 1.165) is 5.56 Å². The van der Waals surface area contributed by atoms with Crippen molar-refractivity contribution in [3.05, 3.63) is 87.3 Å². The molecule has 0 saturated carbocycles. The van der Waals surface area contributed by atoms with Gasteiger partial charge >= 0.3 is 0 Å². The summed E-state index contributed by atoms with van der Waals surface area (Å²) in [5.41, 5.74) is 1.18. The van der Waals surface area contributed by atoms with Crippen LogP contribution >= 0.6 is 23.2 Å². The average molecular weight is 458 g/mol. The number of ketones is 1. The lowest BCUT2D eigenvalue weighted by atomic mass is 9.98. The van der Waals surface area contributed by atoms with Gasteiger partial charge < -0.3 is 14.3 Å². The zero-order valence-electron chi connectivity index (χ0n) is 16.6. The van der Waals surface area contributed by atoms with Gasteiger partial charge in [-0.3, -0.25) is 14.5 Å². The molecule has 8 heteroatoms. The lowest BCUT2D eigenvalue weighted by Gasteiger charge is -2.25. The molecule has 2 heterocycles. The van der Waals surface area contributed by atoms with Crippen molar-refractivity contribution in [3.8, 4) is 5.75 Å². The number of amides is 1. The fourth-order valence-corrected chi connectivity index (χ4v) is 3.97. The summed E-state index contributed by atoms with van der Waals surface area (Å²) < 4.78 is 10.7. The number of rotatable bonds is 4. The van der Waals surface area contributed by atoms with Crippen LogP contribution in [0.15, 0.2) is 64.8 Å². The number of aryl methyl sites for hydroxylation is 1. The van der Waals surface area contributed by atoms with Gasteiger partial charge in [0.15, 0.2) is 0 Å². The number of hydrogen-bond acceptors (Lipinski definition) is 5. The number of furan rings is 1. The maximum Gasteiger partial charge on any atom is 0.300 e. The molecule has 158 valence electrons. The Labute approximate surface area is 188 Å². The molecule has 0 radical (unpaired) electrons. The number of hydrogen-bond donors (Lipinski definition) is 1. The van der Waals surface area contributed by atoms with Crippen LogP contribution in [-0.2, 0) is 9.59 Å². The zero-order valence-corrected chi connectivity index (χ0v) is 18.1. The van der Waals surface area contributed by atoms with E-state index >= 15 is 0 Å². The van der Waals surface area contributed by atoms with E-state index in [4.69, 9.17) is 32.4 Å². The summed E-state index contributed by atoms with van der Waals surface area (Å²) in [6.07, 6.45) is 1.43. The van der Waals surface area contributed by atoms with Gasteiger partial charge in [-0.2, -0.15) is 0 Å². The van der Waals surface area contributed by atoms with Crippen LogP contribution in [0.5, 0.6) is 5.75 Å². The minimum absolute atomic E-state index is 0.144. The SMILES string of the molecule is COc1ccc(Cl)c(/C(O)=C2/C(=O)C(=O)N(c3cc(Cl)ccc3C)C2c2ccco2)c1. The second kappa shape index (κ2) is 8.13. The number of aliphatic hydroxyl groups excluding tert-OH is 1. The molecule has 1 aromatic heterocycles. The topological polar surface area (TPSA) is 80.0 Å². The van der Waals surface area contributed by atoms with Gasteiger partial charge in [0.2, 0.25) is 0 Å². The molecule has 1 N–H and O–H groups in total. The van der Waals surface area contributed by atoms with Crippen LogP contribution in [0.3, 0.4) is 0 Å². The number of nitrogens with zero attached hydrogens (tertiary/aromatic N) is 1. The number of benzene rings is 2. The van der Waals surface area contributed by atoms with Crippen molar-refractivity contribution in [2.45, 2.75) is 13.0 Å². The van der Waals surface area contributed by atoms with Crippen molar-refractivity contribution in [3.63, 3.8) is 0 Å². The molecule has 31 heavy (non-hydrogen) atoms. The summed E-state index contributed by atoms with van der Waals surface area (Å²) in [6.45, 7) is 1.79. The zero-order chi connectivity index (χ0) is 22.3. The number of anilines is 1. The van der Waals surface area contributed by atoms with Gasteiger partial charge in [0.1, 0.15) is 23.3 Å². The Hall–Kier alpha value is -3.22. The normalized spacial score (nSPS) is 17.9. The van der Waals surface area contributed by atoms with Crippen LogP contribution in [0.2, 0.25) is 10.0 Å². The second-order valence-corrected chi connectivity index (χ2v) is 7.80. The predicted molar refractivity (Wildman–Crippen MR) is 118 cm³/mol. The minimum atomic E-state index is -1.01. The van der Waals surface area contributed by atoms with Crippen LogP contribution in [0.25, 0.3) is 5.76 Å². The highest BCUT2D eigenvalue weighted by atomic mass is 35.5. The average Bonchev–Trinajstić information content (AvgIpc) is 3.37. The highest BCUT2D eigenvalue weighted by Gasteiger charge is 2.48. The van der Waals surface area contributed by atoms with Gasteiger partial charge in [-0.25, -0.2) is 0 Å². The maximum absolute atomic E-state index is 13.1. The summed E-state index contributed by atoms with van der Waals surface area (Å²) in [5.74, 6) is -1.37. The van der Waals surface area contributed by atoms with E-state index in [9.17, 15) is 14.7 Å². The highest BCUT2D eigenvalue weighted by Crippen LogP contribution is 2.44. The third-order valence-corrected chi connectivity index (χ3v) is 5.68. The Morgan fingerprint density at radius 1 is 1.13 bits per heavy atom. The van der Waals surface area contributed by atoms with Gasteiger partial charge in [0.25, 0.3) is 11.7 Å². The first kappa shape index (κ1) is 21.0. The van der Waals surface area contributed by atoms with E-state index < -0.39 is 23.5 Å². The number of Topliss-reactive ketones (excluding diaryl/α,β-unsaturated/α-hetero) is 1. The molecular formula is C23H17Cl2NO5. The lowest BCUT2D eigenvalue weighted by Crippen LogP contribution is -2.30. The largest absolute Gasteiger partial charge is 0.507 e. The van der Waals surface area contributed by atoms with Gasteiger partial charge in [0.05, 0.1) is 24.0 Å². The molecule has 0 spiro atoms. The van der Waals surface area contributed by atoms with Gasteiger partial charge in [0, 0.05) is 16.3 Å². The van der Waals surface area contributed by atoms with Crippen LogP contribution < -0.4 is 9.64 Å². The van der Waals surface area contributed by atoms with Gasteiger partial charge in [-0.15, -0.1) is 0 Å². The van der Waals surface area contributed by atoms with E-state index in [2.05, 4.69) is 0 Å². The molecular weight excluding hydrogens is 441 g/mol. The third-order valence-electron chi connectivity index (χ3n) is 5.12. The number of ether oxygens (including phenoxy) is 1. The van der Waals surface area contributed by atoms with E-state index in [0.29, 0.717) is 22.2 Å². The molecule has 0 bridgehead atoms. The Kier molecular flexibility index (Phi) is 5.52. The van der Waals surface area contributed by atoms with Crippen molar-refractivity contribution >= 4 is 46.3 Å². The number of aliphatic hydroxyl groups is 1. The first-order valence-corrected chi connectivity index (χ1v) is 10.0. The van der Waals surface area contributed by atoms with Crippen molar-refractivity contribution in [2.24, 2.45) is 0 Å². The van der Waals surface area contributed by atoms with E-state index in [1.165, 1.54) is 30.4 Å². The number of carbonyl (C=O) groups is 2. The van der Waals surface area contributed by atoms with E-state index in [-0.39, 0.29) is 16.2 Å². The minimum Gasteiger partial charge on any atom is -0.507 e. The number of halogens is 2. The monoisotopic (exact) mass is 457 g/mol. The Morgan fingerprint density at radius 3 is 2.58 bits per heavy atom. The molecule has 1 amide bonds. The molecule has 1 fully saturated rings. The Balaban J connectivity index is 1.98. The molecule has 1 unspecified atom stereocenters. The molecule has 6 nitrogen and oxygen atoms in total. The number of methoxy groups -OCH3 is 1. The van der Waals surface area contributed by atoms with Crippen LogP contribution in [0.4, 0.5) is 5.69 Å².